The van der Waals surface area contributed by atoms with Gasteiger partial charge in [-0.1, -0.05) is 29.8 Å². The quantitative estimate of drug-likeness (QED) is 0.874. The van der Waals surface area contributed by atoms with Crippen LogP contribution in [0.25, 0.3) is 0 Å². The van der Waals surface area contributed by atoms with Crippen molar-refractivity contribution in [1.29, 1.82) is 0 Å². The van der Waals surface area contributed by atoms with Crippen LogP contribution in [0.2, 0.25) is 0 Å². The van der Waals surface area contributed by atoms with Crippen molar-refractivity contribution in [3.8, 4) is 0 Å². The number of hydrogen-bond acceptors (Lipinski definition) is 3. The summed E-state index contributed by atoms with van der Waals surface area (Å²) in [6, 6.07) is 7.22. The predicted octanol–water partition coefficient (Wildman–Crippen LogP) is 1.82. The molecule has 1 rings (SSSR count). The summed E-state index contributed by atoms with van der Waals surface area (Å²) in [6.45, 7) is 5.34. The van der Waals surface area contributed by atoms with Gasteiger partial charge in [0, 0.05) is 6.04 Å². The van der Waals surface area contributed by atoms with E-state index in [-0.39, 0.29) is 11.0 Å². The Morgan fingerprint density at radius 3 is 2.12 bits per heavy atom. The second-order valence-electron chi connectivity index (χ2n) is 4.40. The topological polar surface area (TPSA) is 60.2 Å². The van der Waals surface area contributed by atoms with Crippen LogP contribution in [0.1, 0.15) is 31.0 Å². The molecular weight excluding hydrogens is 222 g/mol. The monoisotopic (exact) mass is 241 g/mol. The lowest BCUT2D eigenvalue weighted by atomic mass is 10.1. The molecule has 0 amide bonds. The molecule has 4 heteroatoms. The van der Waals surface area contributed by atoms with Crippen LogP contribution in [-0.4, -0.2) is 19.4 Å². The van der Waals surface area contributed by atoms with Crippen molar-refractivity contribution in [3.05, 3.63) is 35.4 Å². The minimum atomic E-state index is -3.08. The minimum absolute atomic E-state index is 0.00767. The second-order valence-corrected chi connectivity index (χ2v) is 7.00. The molecule has 0 bridgehead atoms. The highest BCUT2D eigenvalue weighted by molar-refractivity contribution is 7.92. The van der Waals surface area contributed by atoms with Gasteiger partial charge in [0.05, 0.1) is 11.0 Å². The lowest BCUT2D eigenvalue weighted by molar-refractivity contribution is 0.580. The van der Waals surface area contributed by atoms with Gasteiger partial charge in [0.15, 0.2) is 9.84 Å². The van der Waals surface area contributed by atoms with Crippen LogP contribution in [0.15, 0.2) is 24.3 Å². The molecule has 1 unspecified atom stereocenters. The maximum atomic E-state index is 11.7. The molecule has 0 aromatic heterocycles. The van der Waals surface area contributed by atoms with Gasteiger partial charge in [-0.2, -0.15) is 0 Å². The highest BCUT2D eigenvalue weighted by Gasteiger charge is 2.20. The van der Waals surface area contributed by atoms with Gasteiger partial charge in [0.25, 0.3) is 0 Å². The average molecular weight is 241 g/mol. The third-order valence-electron chi connectivity index (χ3n) is 2.64. The molecule has 0 spiro atoms. The summed E-state index contributed by atoms with van der Waals surface area (Å²) >= 11 is 0. The Morgan fingerprint density at radius 2 is 1.69 bits per heavy atom. The predicted molar refractivity (Wildman–Crippen MR) is 67.0 cm³/mol. The Kier molecular flexibility index (Phi) is 4.10. The summed E-state index contributed by atoms with van der Waals surface area (Å²) < 4.78 is 23.4. The van der Waals surface area contributed by atoms with E-state index in [0.717, 1.165) is 11.1 Å². The average Bonchev–Trinajstić information content (AvgIpc) is 2.17. The number of aryl methyl sites for hydroxylation is 1. The molecule has 0 saturated carbocycles. The molecule has 0 aliphatic rings. The molecule has 2 N–H and O–H groups in total. The first-order valence-corrected chi connectivity index (χ1v) is 7.08. The molecule has 0 fully saturated rings. The molecule has 3 nitrogen and oxygen atoms in total. The zero-order valence-electron chi connectivity index (χ0n) is 9.97. The minimum Gasteiger partial charge on any atom is -0.323 e. The summed E-state index contributed by atoms with van der Waals surface area (Å²) in [4.78, 5) is 0. The van der Waals surface area contributed by atoms with E-state index in [9.17, 15) is 8.42 Å². The highest BCUT2D eigenvalue weighted by atomic mass is 32.2. The van der Waals surface area contributed by atoms with Gasteiger partial charge in [-0.05, 0) is 26.3 Å². The van der Waals surface area contributed by atoms with E-state index in [4.69, 9.17) is 5.73 Å². The van der Waals surface area contributed by atoms with Gasteiger partial charge in [0.1, 0.15) is 0 Å². The molecule has 16 heavy (non-hydrogen) atoms. The van der Waals surface area contributed by atoms with Gasteiger partial charge in [-0.15, -0.1) is 0 Å². The van der Waals surface area contributed by atoms with Gasteiger partial charge in [-0.3, -0.25) is 0 Å². The molecule has 0 heterocycles. The maximum absolute atomic E-state index is 11.7. The zero-order valence-corrected chi connectivity index (χ0v) is 10.8. The molecule has 1 aromatic carbocycles. The molecule has 1 atom stereocenters. The standard InChI is InChI=1S/C12H19NO2S/c1-9(2)16(14,15)8-12(13)11-6-4-10(3)5-7-11/h4-7,9,12H,8,13H2,1-3H3. The molecule has 0 aliphatic heterocycles. The lowest BCUT2D eigenvalue weighted by Crippen LogP contribution is -2.26. The van der Waals surface area contributed by atoms with Crippen LogP contribution in [0.4, 0.5) is 0 Å². The van der Waals surface area contributed by atoms with Crippen molar-refractivity contribution in [2.24, 2.45) is 5.73 Å². The van der Waals surface area contributed by atoms with E-state index in [1.807, 2.05) is 31.2 Å². The van der Waals surface area contributed by atoms with Crippen molar-refractivity contribution in [2.45, 2.75) is 32.1 Å². The molecule has 1 aromatic rings. The normalized spacial score (nSPS) is 14.1. The fourth-order valence-electron chi connectivity index (χ4n) is 1.35. The number of rotatable bonds is 4. The Bertz CT molecular complexity index is 435. The molecule has 0 saturated heterocycles. The number of hydrogen-bond donors (Lipinski definition) is 1. The van der Waals surface area contributed by atoms with Gasteiger partial charge < -0.3 is 5.73 Å². The Hall–Kier alpha value is -0.870. The summed E-state index contributed by atoms with van der Waals surface area (Å²) in [5.74, 6) is 0.00767. The Balaban J connectivity index is 2.81. The maximum Gasteiger partial charge on any atom is 0.154 e. The number of nitrogens with two attached hydrogens (primary N) is 1. The smallest absolute Gasteiger partial charge is 0.154 e. The second kappa shape index (κ2) is 4.97. The van der Waals surface area contributed by atoms with Crippen molar-refractivity contribution in [2.75, 3.05) is 5.75 Å². The van der Waals surface area contributed by atoms with Crippen LogP contribution in [-0.2, 0) is 9.84 Å². The van der Waals surface area contributed by atoms with Crippen LogP contribution < -0.4 is 5.73 Å². The first-order chi connectivity index (χ1) is 7.33. The largest absolute Gasteiger partial charge is 0.323 e. The third-order valence-corrected chi connectivity index (χ3v) is 4.90. The van der Waals surface area contributed by atoms with E-state index in [2.05, 4.69) is 0 Å². The van der Waals surface area contributed by atoms with Crippen molar-refractivity contribution in [1.82, 2.24) is 0 Å². The molecule has 90 valence electrons. The van der Waals surface area contributed by atoms with Crippen LogP contribution in [0.5, 0.6) is 0 Å². The van der Waals surface area contributed by atoms with E-state index in [1.54, 1.807) is 13.8 Å². The first kappa shape index (κ1) is 13.2. The molecular formula is C12H19NO2S. The van der Waals surface area contributed by atoms with Crippen molar-refractivity contribution >= 4 is 9.84 Å². The van der Waals surface area contributed by atoms with E-state index >= 15 is 0 Å². The van der Waals surface area contributed by atoms with Gasteiger partial charge in [-0.25, -0.2) is 8.42 Å². The Labute approximate surface area is 97.6 Å². The summed E-state index contributed by atoms with van der Waals surface area (Å²) in [5, 5.41) is -0.371. The lowest BCUT2D eigenvalue weighted by Gasteiger charge is -2.14. The van der Waals surface area contributed by atoms with E-state index in [0.29, 0.717) is 0 Å². The van der Waals surface area contributed by atoms with Crippen molar-refractivity contribution < 1.29 is 8.42 Å². The summed E-state index contributed by atoms with van der Waals surface area (Å²) in [6.07, 6.45) is 0. The molecule has 0 aliphatic carbocycles. The van der Waals surface area contributed by atoms with Gasteiger partial charge in [0.2, 0.25) is 0 Å². The van der Waals surface area contributed by atoms with E-state index in [1.165, 1.54) is 0 Å². The Morgan fingerprint density at radius 1 is 1.19 bits per heavy atom. The van der Waals surface area contributed by atoms with Gasteiger partial charge >= 0.3 is 0 Å². The molecule has 0 radical (unpaired) electrons. The summed E-state index contributed by atoms with van der Waals surface area (Å²) in [7, 11) is -3.08. The fraction of sp³-hybridized carbons (Fsp3) is 0.500. The number of sulfone groups is 1. The van der Waals surface area contributed by atoms with Crippen LogP contribution in [0, 0.1) is 6.92 Å². The third kappa shape index (κ3) is 3.32. The van der Waals surface area contributed by atoms with Crippen LogP contribution in [0.3, 0.4) is 0 Å². The van der Waals surface area contributed by atoms with Crippen LogP contribution >= 0.6 is 0 Å². The SMILES string of the molecule is Cc1ccc(C(N)CS(=O)(=O)C(C)C)cc1. The fourth-order valence-corrected chi connectivity index (χ4v) is 2.43. The van der Waals surface area contributed by atoms with E-state index < -0.39 is 15.9 Å². The highest BCUT2D eigenvalue weighted by Crippen LogP contribution is 2.15. The van der Waals surface area contributed by atoms with Crippen molar-refractivity contribution in [3.63, 3.8) is 0 Å². The summed E-state index contributed by atoms with van der Waals surface area (Å²) in [5.41, 5.74) is 7.90. The zero-order chi connectivity index (χ0) is 12.3. The first-order valence-electron chi connectivity index (χ1n) is 5.36. The number of benzene rings is 1.